The zero-order valence-corrected chi connectivity index (χ0v) is 16.7. The smallest absolute Gasteiger partial charge is 0.117 e. The van der Waals surface area contributed by atoms with Gasteiger partial charge in [-0.1, -0.05) is 51.0 Å². The molecule has 1 aromatic heterocycles. The lowest BCUT2D eigenvalue weighted by Gasteiger charge is -2.49. The van der Waals surface area contributed by atoms with Gasteiger partial charge in [0.1, 0.15) is 11.2 Å². The summed E-state index contributed by atoms with van der Waals surface area (Å²) >= 11 is 0. The van der Waals surface area contributed by atoms with Gasteiger partial charge < -0.3 is 0 Å². The summed E-state index contributed by atoms with van der Waals surface area (Å²) in [6, 6.07) is 8.48. The highest BCUT2D eigenvalue weighted by atomic mass is 15.5. The van der Waals surface area contributed by atoms with Crippen molar-refractivity contribution >= 4 is 11.0 Å². The van der Waals surface area contributed by atoms with Crippen LogP contribution in [0.1, 0.15) is 72.1 Å². The van der Waals surface area contributed by atoms with Crippen LogP contribution in [0, 0.1) is 11.3 Å². The van der Waals surface area contributed by atoms with Crippen LogP contribution in [0.15, 0.2) is 24.3 Å². The molecule has 4 heteroatoms. The zero-order valence-electron chi connectivity index (χ0n) is 16.7. The molecule has 0 amide bonds. The lowest BCUT2D eigenvalue weighted by molar-refractivity contribution is -0.0473. The lowest BCUT2D eigenvalue weighted by Crippen LogP contribution is -2.54. The molecule has 4 nitrogen and oxygen atoms in total. The number of aromatic nitrogens is 3. The van der Waals surface area contributed by atoms with Crippen LogP contribution in [0.5, 0.6) is 0 Å². The number of fused-ring (bicyclic) bond motifs is 1. The van der Waals surface area contributed by atoms with Gasteiger partial charge in [0.05, 0.1) is 5.52 Å². The van der Waals surface area contributed by atoms with E-state index in [4.69, 9.17) is 5.21 Å². The Morgan fingerprint density at radius 2 is 1.62 bits per heavy atom. The van der Waals surface area contributed by atoms with E-state index in [2.05, 4.69) is 59.7 Å². The van der Waals surface area contributed by atoms with Gasteiger partial charge in [-0.05, 0) is 62.0 Å². The van der Waals surface area contributed by atoms with Crippen molar-refractivity contribution in [1.82, 2.24) is 19.9 Å². The highest BCUT2D eigenvalue weighted by molar-refractivity contribution is 5.74. The Bertz CT molecular complexity index is 726. The molecular weight excluding hydrogens is 320 g/mol. The Balaban J connectivity index is 1.73. The number of para-hydroxylation sites is 1. The molecule has 0 N–H and O–H groups in total. The topological polar surface area (TPSA) is 34.0 Å². The van der Waals surface area contributed by atoms with Crippen molar-refractivity contribution in [3.8, 4) is 0 Å². The zero-order chi connectivity index (χ0) is 18.2. The minimum atomic E-state index is 0.0161. The number of benzene rings is 1. The van der Waals surface area contributed by atoms with Gasteiger partial charge in [0.15, 0.2) is 0 Å². The Kier molecular flexibility index (Phi) is 4.81. The Morgan fingerprint density at radius 3 is 2.27 bits per heavy atom. The van der Waals surface area contributed by atoms with Crippen LogP contribution in [0.4, 0.5) is 0 Å². The summed E-state index contributed by atoms with van der Waals surface area (Å²) < 4.78 is 2.30. The van der Waals surface area contributed by atoms with Crippen molar-refractivity contribution < 1.29 is 0 Å². The second-order valence-electron chi connectivity index (χ2n) is 9.51. The molecule has 1 saturated carbocycles. The van der Waals surface area contributed by atoms with Crippen LogP contribution in [0.25, 0.3) is 11.0 Å². The van der Waals surface area contributed by atoms with Crippen molar-refractivity contribution in [2.24, 2.45) is 11.3 Å². The molecule has 0 bridgehead atoms. The van der Waals surface area contributed by atoms with E-state index in [0.29, 0.717) is 5.41 Å². The van der Waals surface area contributed by atoms with Gasteiger partial charge in [0, 0.05) is 13.1 Å². The normalized spacial score (nSPS) is 29.0. The molecular formula is C22H34N4. The Morgan fingerprint density at radius 1 is 0.962 bits per heavy atom. The third-order valence-corrected chi connectivity index (χ3v) is 6.95. The van der Waals surface area contributed by atoms with Crippen molar-refractivity contribution in [3.63, 3.8) is 0 Å². The third kappa shape index (κ3) is 3.17. The van der Waals surface area contributed by atoms with Gasteiger partial charge >= 0.3 is 0 Å². The third-order valence-electron chi connectivity index (χ3n) is 6.95. The van der Waals surface area contributed by atoms with Gasteiger partial charge in [-0.25, -0.2) is 4.68 Å². The summed E-state index contributed by atoms with van der Waals surface area (Å²) in [5, 5.41) is 9.22. The van der Waals surface area contributed by atoms with E-state index in [9.17, 15) is 0 Å². The SMILES string of the molecule is CC(C)(C)C1CCC(N2CCCCCC2)(n2nnc3ccccc32)CC1. The van der Waals surface area contributed by atoms with E-state index in [1.165, 1.54) is 70.0 Å². The van der Waals surface area contributed by atoms with Gasteiger partial charge in [-0.3, -0.25) is 4.90 Å². The Labute approximate surface area is 157 Å². The number of nitrogens with zero attached hydrogens (tertiary/aromatic N) is 4. The van der Waals surface area contributed by atoms with Gasteiger partial charge in [-0.2, -0.15) is 0 Å². The molecule has 2 heterocycles. The molecule has 0 spiro atoms. The molecule has 0 unspecified atom stereocenters. The van der Waals surface area contributed by atoms with E-state index >= 15 is 0 Å². The van der Waals surface area contributed by atoms with E-state index in [1.807, 2.05) is 0 Å². The van der Waals surface area contributed by atoms with Crippen LogP contribution < -0.4 is 0 Å². The van der Waals surface area contributed by atoms with Gasteiger partial charge in [0.2, 0.25) is 0 Å². The largest absolute Gasteiger partial charge is 0.279 e. The lowest BCUT2D eigenvalue weighted by atomic mass is 9.69. The minimum absolute atomic E-state index is 0.0161. The first-order valence-electron chi connectivity index (χ1n) is 10.6. The average molecular weight is 355 g/mol. The first kappa shape index (κ1) is 18.0. The molecule has 0 radical (unpaired) electrons. The average Bonchev–Trinajstić information content (AvgIpc) is 2.87. The van der Waals surface area contributed by atoms with Crippen molar-refractivity contribution in [1.29, 1.82) is 0 Å². The molecule has 142 valence electrons. The number of likely N-dealkylation sites (tertiary alicyclic amines) is 1. The molecule has 4 rings (SSSR count). The molecule has 1 aliphatic carbocycles. The van der Waals surface area contributed by atoms with Crippen LogP contribution in [0.3, 0.4) is 0 Å². The summed E-state index contributed by atoms with van der Waals surface area (Å²) in [5.74, 6) is 0.803. The van der Waals surface area contributed by atoms with Crippen molar-refractivity contribution in [2.45, 2.75) is 77.8 Å². The van der Waals surface area contributed by atoms with E-state index in [-0.39, 0.29) is 5.66 Å². The maximum Gasteiger partial charge on any atom is 0.117 e. The van der Waals surface area contributed by atoms with E-state index in [0.717, 1.165) is 11.4 Å². The minimum Gasteiger partial charge on any atom is -0.279 e. The highest BCUT2D eigenvalue weighted by Gasteiger charge is 2.45. The fourth-order valence-electron chi connectivity index (χ4n) is 5.27. The number of rotatable bonds is 2. The molecule has 1 saturated heterocycles. The predicted molar refractivity (Wildman–Crippen MR) is 107 cm³/mol. The molecule has 0 atom stereocenters. The summed E-state index contributed by atoms with van der Waals surface area (Å²) in [6.07, 6.45) is 10.3. The van der Waals surface area contributed by atoms with Crippen LogP contribution in [-0.4, -0.2) is 33.0 Å². The monoisotopic (exact) mass is 354 g/mol. The van der Waals surface area contributed by atoms with Crippen LogP contribution in [0.2, 0.25) is 0 Å². The maximum absolute atomic E-state index is 4.71. The fraction of sp³-hybridized carbons (Fsp3) is 0.727. The molecule has 2 aliphatic rings. The van der Waals surface area contributed by atoms with Gasteiger partial charge in [-0.15, -0.1) is 5.10 Å². The van der Waals surface area contributed by atoms with Crippen molar-refractivity contribution in [2.75, 3.05) is 13.1 Å². The second kappa shape index (κ2) is 6.95. The summed E-state index contributed by atoms with van der Waals surface area (Å²) in [5.41, 5.74) is 2.64. The predicted octanol–water partition coefficient (Wildman–Crippen LogP) is 5.20. The van der Waals surface area contributed by atoms with Crippen molar-refractivity contribution in [3.05, 3.63) is 24.3 Å². The summed E-state index contributed by atoms with van der Waals surface area (Å²) in [6.45, 7) is 9.62. The quantitative estimate of drug-likeness (QED) is 0.743. The number of hydrogen-bond acceptors (Lipinski definition) is 3. The first-order chi connectivity index (χ1) is 12.5. The van der Waals surface area contributed by atoms with Gasteiger partial charge in [0.25, 0.3) is 0 Å². The Hall–Kier alpha value is -1.42. The van der Waals surface area contributed by atoms with E-state index < -0.39 is 0 Å². The number of hydrogen-bond donors (Lipinski definition) is 0. The van der Waals surface area contributed by atoms with Crippen LogP contribution in [-0.2, 0) is 5.66 Å². The summed E-state index contributed by atoms with van der Waals surface area (Å²) in [7, 11) is 0. The second-order valence-corrected chi connectivity index (χ2v) is 9.51. The van der Waals surface area contributed by atoms with Crippen LogP contribution >= 0.6 is 0 Å². The summed E-state index contributed by atoms with van der Waals surface area (Å²) in [4.78, 5) is 2.76. The maximum atomic E-state index is 4.71. The first-order valence-corrected chi connectivity index (χ1v) is 10.6. The molecule has 2 aromatic rings. The molecule has 26 heavy (non-hydrogen) atoms. The highest BCUT2D eigenvalue weighted by Crippen LogP contribution is 2.47. The van der Waals surface area contributed by atoms with E-state index in [1.54, 1.807) is 0 Å². The molecule has 1 aromatic carbocycles. The molecule has 1 aliphatic heterocycles. The fourth-order valence-corrected chi connectivity index (χ4v) is 5.27. The standard InChI is InChI=1S/C22H34N4/c1-21(2,3)18-12-14-22(15-13-18,25-16-8-4-5-9-17-25)26-20-11-7-6-10-19(20)23-24-26/h6-7,10-11,18H,4-5,8-9,12-17H2,1-3H3. The molecule has 2 fully saturated rings.